The van der Waals surface area contributed by atoms with Gasteiger partial charge < -0.3 is 10.6 Å². The summed E-state index contributed by atoms with van der Waals surface area (Å²) in [4.78, 5) is 29.7. The van der Waals surface area contributed by atoms with Crippen LogP contribution in [0.4, 0.5) is 5.13 Å². The summed E-state index contributed by atoms with van der Waals surface area (Å²) >= 11 is 4.85. The summed E-state index contributed by atoms with van der Waals surface area (Å²) in [7, 11) is 0. The number of carbonyl (C=O) groups excluding carboxylic acids is 2. The minimum absolute atomic E-state index is 0.0790. The predicted molar refractivity (Wildman–Crippen MR) is 93.9 cm³/mol. The predicted octanol–water partition coefficient (Wildman–Crippen LogP) is 3.15. The second-order valence-corrected chi connectivity index (χ2v) is 7.24. The number of benzene rings is 1. The molecule has 3 rings (SSSR count). The molecular formula is C16H16BrN3O2S. The maximum absolute atomic E-state index is 12.0. The second-order valence-electron chi connectivity index (χ2n) is 5.31. The lowest BCUT2D eigenvalue weighted by Crippen LogP contribution is -2.33. The fraction of sp³-hybridized carbons (Fsp3) is 0.312. The number of aromatic nitrogens is 1. The summed E-state index contributed by atoms with van der Waals surface area (Å²) < 4.78 is 0.700. The molecule has 1 aliphatic rings. The van der Waals surface area contributed by atoms with E-state index in [1.54, 1.807) is 18.2 Å². The fourth-order valence-electron chi connectivity index (χ4n) is 2.47. The molecule has 0 aliphatic heterocycles. The average Bonchev–Trinajstić information content (AvgIpc) is 2.95. The Balaban J connectivity index is 1.54. The number of nitrogens with zero attached hydrogens (tertiary/aromatic N) is 1. The van der Waals surface area contributed by atoms with Crippen LogP contribution in [0.25, 0.3) is 0 Å². The van der Waals surface area contributed by atoms with Gasteiger partial charge in [-0.1, -0.05) is 12.1 Å². The maximum atomic E-state index is 12.0. The first-order valence-electron chi connectivity index (χ1n) is 7.44. The minimum atomic E-state index is -0.286. The van der Waals surface area contributed by atoms with Gasteiger partial charge in [0.1, 0.15) is 0 Å². The number of carbonyl (C=O) groups is 2. The highest BCUT2D eigenvalue weighted by Crippen LogP contribution is 2.29. The van der Waals surface area contributed by atoms with Crippen molar-refractivity contribution in [2.75, 3.05) is 11.9 Å². The smallest absolute Gasteiger partial charge is 0.252 e. The van der Waals surface area contributed by atoms with Crippen molar-refractivity contribution in [1.82, 2.24) is 10.3 Å². The second kappa shape index (κ2) is 7.23. The SMILES string of the molecule is O=C(CNC(=O)c1ccccc1Br)Nc1nc2c(s1)CCCC2. The molecule has 120 valence electrons. The molecule has 2 aromatic rings. The zero-order valence-corrected chi connectivity index (χ0v) is 14.8. The van der Waals surface area contributed by atoms with Crippen LogP contribution in [0.1, 0.15) is 33.8 Å². The van der Waals surface area contributed by atoms with E-state index in [0.29, 0.717) is 15.2 Å². The largest absolute Gasteiger partial charge is 0.343 e. The van der Waals surface area contributed by atoms with Gasteiger partial charge in [0.25, 0.3) is 5.91 Å². The highest BCUT2D eigenvalue weighted by molar-refractivity contribution is 9.10. The number of anilines is 1. The Morgan fingerprint density at radius 2 is 2.00 bits per heavy atom. The van der Waals surface area contributed by atoms with Crippen molar-refractivity contribution < 1.29 is 9.59 Å². The van der Waals surface area contributed by atoms with Gasteiger partial charge in [-0.15, -0.1) is 11.3 Å². The molecule has 7 heteroatoms. The highest BCUT2D eigenvalue weighted by atomic mass is 79.9. The maximum Gasteiger partial charge on any atom is 0.252 e. The lowest BCUT2D eigenvalue weighted by molar-refractivity contribution is -0.115. The van der Waals surface area contributed by atoms with Gasteiger partial charge in [0.2, 0.25) is 5.91 Å². The first-order valence-corrected chi connectivity index (χ1v) is 9.05. The quantitative estimate of drug-likeness (QED) is 0.837. The summed E-state index contributed by atoms with van der Waals surface area (Å²) in [6.07, 6.45) is 4.37. The van der Waals surface area contributed by atoms with Crippen LogP contribution in [0.15, 0.2) is 28.7 Å². The van der Waals surface area contributed by atoms with E-state index < -0.39 is 0 Å². The van der Waals surface area contributed by atoms with Gasteiger partial charge in [-0.25, -0.2) is 4.98 Å². The molecule has 1 heterocycles. The molecule has 0 saturated heterocycles. The third kappa shape index (κ3) is 3.97. The van der Waals surface area contributed by atoms with Crippen molar-refractivity contribution in [2.24, 2.45) is 0 Å². The van der Waals surface area contributed by atoms with E-state index in [2.05, 4.69) is 31.5 Å². The third-order valence-electron chi connectivity index (χ3n) is 3.62. The normalized spacial score (nSPS) is 13.3. The van der Waals surface area contributed by atoms with Crippen LogP contribution < -0.4 is 10.6 Å². The molecule has 2 N–H and O–H groups in total. The molecule has 0 fully saturated rings. The van der Waals surface area contributed by atoms with Gasteiger partial charge >= 0.3 is 0 Å². The van der Waals surface area contributed by atoms with E-state index in [-0.39, 0.29) is 18.4 Å². The van der Waals surface area contributed by atoms with Crippen LogP contribution in [0.2, 0.25) is 0 Å². The zero-order chi connectivity index (χ0) is 16.2. The molecule has 1 aromatic carbocycles. The van der Waals surface area contributed by atoms with Crippen molar-refractivity contribution in [3.63, 3.8) is 0 Å². The number of amides is 2. The van der Waals surface area contributed by atoms with Crippen LogP contribution in [-0.4, -0.2) is 23.3 Å². The standard InChI is InChI=1S/C16H16BrN3O2S/c17-11-6-2-1-5-10(11)15(22)18-9-14(21)20-16-19-12-7-3-4-8-13(12)23-16/h1-2,5-6H,3-4,7-9H2,(H,18,22)(H,19,20,21). The molecule has 1 aromatic heterocycles. The number of hydrogen-bond donors (Lipinski definition) is 2. The van der Waals surface area contributed by atoms with Crippen LogP contribution in [-0.2, 0) is 17.6 Å². The topological polar surface area (TPSA) is 71.1 Å². The van der Waals surface area contributed by atoms with Gasteiger partial charge in [0.05, 0.1) is 17.8 Å². The lowest BCUT2D eigenvalue weighted by atomic mass is 10.0. The number of nitrogens with one attached hydrogen (secondary N) is 2. The van der Waals surface area contributed by atoms with E-state index in [0.717, 1.165) is 25.0 Å². The van der Waals surface area contributed by atoms with E-state index in [1.807, 2.05) is 6.07 Å². The van der Waals surface area contributed by atoms with E-state index in [4.69, 9.17) is 0 Å². The van der Waals surface area contributed by atoms with Gasteiger partial charge in [-0.3, -0.25) is 9.59 Å². The van der Waals surface area contributed by atoms with Crippen LogP contribution >= 0.6 is 27.3 Å². The lowest BCUT2D eigenvalue weighted by Gasteiger charge is -2.06. The van der Waals surface area contributed by atoms with E-state index in [9.17, 15) is 9.59 Å². The van der Waals surface area contributed by atoms with Gasteiger partial charge in [-0.05, 0) is 53.7 Å². The molecule has 1 aliphatic carbocycles. The van der Waals surface area contributed by atoms with Gasteiger partial charge in [0, 0.05) is 9.35 Å². The monoisotopic (exact) mass is 393 g/mol. The van der Waals surface area contributed by atoms with Crippen molar-refractivity contribution in [3.05, 3.63) is 44.9 Å². The molecule has 23 heavy (non-hydrogen) atoms. The minimum Gasteiger partial charge on any atom is -0.343 e. The number of aryl methyl sites for hydroxylation is 2. The molecule has 2 amide bonds. The Labute approximate surface area is 146 Å². The summed E-state index contributed by atoms with van der Waals surface area (Å²) in [6.45, 7) is -0.0790. The fourth-order valence-corrected chi connectivity index (χ4v) is 4.00. The van der Waals surface area contributed by atoms with Crippen molar-refractivity contribution >= 4 is 44.2 Å². The van der Waals surface area contributed by atoms with Gasteiger partial charge in [0.15, 0.2) is 5.13 Å². The van der Waals surface area contributed by atoms with Crippen LogP contribution in [0, 0.1) is 0 Å². The highest BCUT2D eigenvalue weighted by Gasteiger charge is 2.17. The Morgan fingerprint density at radius 1 is 1.22 bits per heavy atom. The summed E-state index contributed by atoms with van der Waals surface area (Å²) in [5.74, 6) is -0.553. The van der Waals surface area contributed by atoms with Crippen molar-refractivity contribution in [3.8, 4) is 0 Å². The number of fused-ring (bicyclic) bond motifs is 1. The van der Waals surface area contributed by atoms with Crippen molar-refractivity contribution in [2.45, 2.75) is 25.7 Å². The number of halogens is 1. The first-order chi connectivity index (χ1) is 11.1. The molecule has 5 nitrogen and oxygen atoms in total. The summed E-state index contributed by atoms with van der Waals surface area (Å²) in [5.41, 5.74) is 1.61. The molecule has 0 spiro atoms. The average molecular weight is 394 g/mol. The third-order valence-corrected chi connectivity index (χ3v) is 5.38. The first kappa shape index (κ1) is 16.1. The molecule has 0 radical (unpaired) electrons. The van der Waals surface area contributed by atoms with Crippen LogP contribution in [0.3, 0.4) is 0 Å². The van der Waals surface area contributed by atoms with E-state index >= 15 is 0 Å². The number of thiazole rings is 1. The molecule has 0 unspecified atom stereocenters. The molecule has 0 atom stereocenters. The Bertz CT molecular complexity index is 721. The number of rotatable bonds is 4. The molecule has 0 saturated carbocycles. The Kier molecular flexibility index (Phi) is 5.07. The summed E-state index contributed by atoms with van der Waals surface area (Å²) in [6, 6.07) is 7.10. The Hall–Kier alpha value is -1.73. The van der Waals surface area contributed by atoms with Crippen LogP contribution in [0.5, 0.6) is 0 Å². The van der Waals surface area contributed by atoms with Crippen molar-refractivity contribution in [1.29, 1.82) is 0 Å². The molecule has 0 bridgehead atoms. The van der Waals surface area contributed by atoms with Gasteiger partial charge in [-0.2, -0.15) is 0 Å². The van der Waals surface area contributed by atoms with E-state index in [1.165, 1.54) is 22.6 Å². The summed E-state index contributed by atoms with van der Waals surface area (Å²) in [5, 5.41) is 6.00. The zero-order valence-electron chi connectivity index (χ0n) is 12.4. The number of hydrogen-bond acceptors (Lipinski definition) is 4. The molecular weight excluding hydrogens is 378 g/mol. The Morgan fingerprint density at radius 3 is 2.78 bits per heavy atom.